The lowest BCUT2D eigenvalue weighted by Crippen LogP contribution is -2.29. The van der Waals surface area contributed by atoms with Crippen molar-refractivity contribution in [2.75, 3.05) is 19.6 Å². The lowest BCUT2D eigenvalue weighted by Gasteiger charge is -2.24. The Kier molecular flexibility index (Phi) is 4.72. The molecule has 1 saturated heterocycles. The van der Waals surface area contributed by atoms with Crippen molar-refractivity contribution in [3.63, 3.8) is 0 Å². The minimum atomic E-state index is 0. The SMILES string of the molecule is CCN1CCCCC1.N. The van der Waals surface area contributed by atoms with Crippen LogP contribution in [0.25, 0.3) is 0 Å². The molecule has 1 fully saturated rings. The Balaban J connectivity index is 0.000000640. The van der Waals surface area contributed by atoms with E-state index in [2.05, 4.69) is 11.8 Å². The molecule has 1 aliphatic rings. The monoisotopic (exact) mass is 130 g/mol. The molecule has 0 bridgehead atoms. The number of rotatable bonds is 1. The minimum absolute atomic E-state index is 0. The van der Waals surface area contributed by atoms with Crippen LogP contribution in [-0.4, -0.2) is 24.5 Å². The Morgan fingerprint density at radius 1 is 1.11 bits per heavy atom. The second-order valence-corrected chi connectivity index (χ2v) is 2.49. The standard InChI is InChI=1S/C7H15N.H3N/c1-2-8-6-4-3-5-7-8;/h2-7H2,1H3;1H3. The van der Waals surface area contributed by atoms with Crippen LogP contribution in [0.1, 0.15) is 26.2 Å². The number of likely N-dealkylation sites (tertiary alicyclic amines) is 1. The van der Waals surface area contributed by atoms with E-state index in [-0.39, 0.29) is 6.15 Å². The van der Waals surface area contributed by atoms with Crippen LogP contribution in [0.15, 0.2) is 0 Å². The molecule has 56 valence electrons. The number of hydrogen-bond donors (Lipinski definition) is 1. The van der Waals surface area contributed by atoms with Crippen LogP contribution in [-0.2, 0) is 0 Å². The third kappa shape index (κ3) is 2.82. The molecule has 1 rings (SSSR count). The van der Waals surface area contributed by atoms with Crippen LogP contribution in [0.2, 0.25) is 0 Å². The Bertz CT molecular complexity index is 57.9. The van der Waals surface area contributed by atoms with Crippen molar-refractivity contribution in [2.45, 2.75) is 26.2 Å². The maximum absolute atomic E-state index is 2.52. The highest BCUT2D eigenvalue weighted by atomic mass is 15.1. The Labute approximate surface area is 57.8 Å². The van der Waals surface area contributed by atoms with Crippen LogP contribution in [0.5, 0.6) is 0 Å². The Morgan fingerprint density at radius 2 is 1.67 bits per heavy atom. The van der Waals surface area contributed by atoms with Crippen molar-refractivity contribution >= 4 is 0 Å². The highest BCUT2D eigenvalue weighted by molar-refractivity contribution is 4.61. The van der Waals surface area contributed by atoms with E-state index in [0.717, 1.165) is 0 Å². The first-order valence-corrected chi connectivity index (χ1v) is 3.66. The second-order valence-electron chi connectivity index (χ2n) is 2.49. The molecular formula is C7H18N2. The van der Waals surface area contributed by atoms with Gasteiger partial charge in [0.2, 0.25) is 0 Å². The van der Waals surface area contributed by atoms with Gasteiger partial charge in [-0.25, -0.2) is 0 Å². The molecule has 0 aromatic rings. The predicted molar refractivity (Wildman–Crippen MR) is 41.0 cm³/mol. The first kappa shape index (κ1) is 8.92. The summed E-state index contributed by atoms with van der Waals surface area (Å²) in [6, 6.07) is 0. The van der Waals surface area contributed by atoms with Gasteiger partial charge in [-0.05, 0) is 32.5 Å². The Hall–Kier alpha value is -0.0800. The predicted octanol–water partition coefficient (Wildman–Crippen LogP) is 1.65. The summed E-state index contributed by atoms with van der Waals surface area (Å²) in [5.74, 6) is 0. The van der Waals surface area contributed by atoms with Crippen molar-refractivity contribution in [1.29, 1.82) is 0 Å². The molecule has 0 saturated carbocycles. The quantitative estimate of drug-likeness (QED) is 0.586. The van der Waals surface area contributed by atoms with Gasteiger partial charge in [-0.3, -0.25) is 0 Å². The minimum Gasteiger partial charge on any atom is -0.344 e. The van der Waals surface area contributed by atoms with Crippen molar-refractivity contribution < 1.29 is 0 Å². The molecule has 2 heteroatoms. The summed E-state index contributed by atoms with van der Waals surface area (Å²) in [7, 11) is 0. The molecule has 3 N–H and O–H groups in total. The molecule has 9 heavy (non-hydrogen) atoms. The third-order valence-electron chi connectivity index (χ3n) is 1.90. The van der Waals surface area contributed by atoms with Gasteiger partial charge in [-0.2, -0.15) is 0 Å². The molecule has 0 amide bonds. The number of hydrogen-bond acceptors (Lipinski definition) is 2. The molecule has 2 nitrogen and oxygen atoms in total. The van der Waals surface area contributed by atoms with E-state index in [9.17, 15) is 0 Å². The van der Waals surface area contributed by atoms with Gasteiger partial charge < -0.3 is 11.1 Å². The summed E-state index contributed by atoms with van der Waals surface area (Å²) in [4.78, 5) is 2.52. The van der Waals surface area contributed by atoms with E-state index in [1.165, 1.54) is 38.9 Å². The van der Waals surface area contributed by atoms with Gasteiger partial charge in [0.1, 0.15) is 0 Å². The van der Waals surface area contributed by atoms with Crippen LogP contribution < -0.4 is 6.15 Å². The van der Waals surface area contributed by atoms with Crippen LogP contribution in [0.4, 0.5) is 0 Å². The van der Waals surface area contributed by atoms with Crippen LogP contribution in [0, 0.1) is 0 Å². The van der Waals surface area contributed by atoms with Gasteiger partial charge in [0.15, 0.2) is 0 Å². The fourth-order valence-electron chi connectivity index (χ4n) is 1.28. The van der Waals surface area contributed by atoms with Gasteiger partial charge >= 0.3 is 0 Å². The fourth-order valence-corrected chi connectivity index (χ4v) is 1.28. The molecule has 0 aromatic carbocycles. The van der Waals surface area contributed by atoms with E-state index in [4.69, 9.17) is 0 Å². The third-order valence-corrected chi connectivity index (χ3v) is 1.90. The van der Waals surface area contributed by atoms with Crippen molar-refractivity contribution in [3.8, 4) is 0 Å². The van der Waals surface area contributed by atoms with Crippen molar-refractivity contribution in [3.05, 3.63) is 0 Å². The average Bonchev–Trinajstić information content (AvgIpc) is 1.90. The highest BCUT2D eigenvalue weighted by Gasteiger charge is 2.05. The smallest absolute Gasteiger partial charge is 0.00188 e. The first-order chi connectivity index (χ1) is 3.93. The topological polar surface area (TPSA) is 38.2 Å². The maximum Gasteiger partial charge on any atom is -0.00188 e. The lowest BCUT2D eigenvalue weighted by molar-refractivity contribution is 0.240. The molecular weight excluding hydrogens is 112 g/mol. The van der Waals surface area contributed by atoms with E-state index in [0.29, 0.717) is 0 Å². The van der Waals surface area contributed by atoms with Gasteiger partial charge in [0.25, 0.3) is 0 Å². The van der Waals surface area contributed by atoms with Gasteiger partial charge in [-0.15, -0.1) is 0 Å². The second kappa shape index (κ2) is 4.77. The van der Waals surface area contributed by atoms with Crippen LogP contribution in [0.3, 0.4) is 0 Å². The molecule has 1 heterocycles. The molecule has 0 spiro atoms. The van der Waals surface area contributed by atoms with Crippen LogP contribution >= 0.6 is 0 Å². The summed E-state index contributed by atoms with van der Waals surface area (Å²) in [5.41, 5.74) is 0. The number of nitrogens with zero attached hydrogens (tertiary/aromatic N) is 1. The molecule has 0 radical (unpaired) electrons. The summed E-state index contributed by atoms with van der Waals surface area (Å²) in [5, 5.41) is 0. The maximum atomic E-state index is 2.52. The summed E-state index contributed by atoms with van der Waals surface area (Å²) in [6.07, 6.45) is 4.30. The number of piperidine rings is 1. The lowest BCUT2D eigenvalue weighted by atomic mass is 10.1. The van der Waals surface area contributed by atoms with Crippen molar-refractivity contribution in [1.82, 2.24) is 11.1 Å². The van der Waals surface area contributed by atoms with E-state index in [1.54, 1.807) is 0 Å². The van der Waals surface area contributed by atoms with Gasteiger partial charge in [0.05, 0.1) is 0 Å². The fraction of sp³-hybridized carbons (Fsp3) is 1.00. The average molecular weight is 130 g/mol. The summed E-state index contributed by atoms with van der Waals surface area (Å²) >= 11 is 0. The van der Waals surface area contributed by atoms with E-state index >= 15 is 0 Å². The summed E-state index contributed by atoms with van der Waals surface area (Å²) in [6.45, 7) is 6.18. The molecule has 1 aliphatic heterocycles. The van der Waals surface area contributed by atoms with E-state index < -0.39 is 0 Å². The van der Waals surface area contributed by atoms with Gasteiger partial charge in [0, 0.05) is 0 Å². The van der Waals surface area contributed by atoms with Crippen molar-refractivity contribution in [2.24, 2.45) is 0 Å². The zero-order valence-corrected chi connectivity index (χ0v) is 6.40. The molecule has 0 unspecified atom stereocenters. The van der Waals surface area contributed by atoms with E-state index in [1.807, 2.05) is 0 Å². The Morgan fingerprint density at radius 3 is 2.00 bits per heavy atom. The molecule has 0 atom stereocenters. The normalized spacial score (nSPS) is 21.0. The largest absolute Gasteiger partial charge is 0.344 e. The van der Waals surface area contributed by atoms with Gasteiger partial charge in [-0.1, -0.05) is 13.3 Å². The molecule has 0 aromatic heterocycles. The zero-order chi connectivity index (χ0) is 5.82. The summed E-state index contributed by atoms with van der Waals surface area (Å²) < 4.78 is 0. The first-order valence-electron chi connectivity index (χ1n) is 3.66. The highest BCUT2D eigenvalue weighted by Crippen LogP contribution is 2.06. The molecule has 0 aliphatic carbocycles. The zero-order valence-electron chi connectivity index (χ0n) is 6.40.